The average Bonchev–Trinajstić information content (AvgIpc) is 2.92. The maximum absolute atomic E-state index is 12.2. The third kappa shape index (κ3) is 4.45. The van der Waals surface area contributed by atoms with Crippen LogP contribution in [0.1, 0.15) is 42.3 Å². The highest BCUT2D eigenvalue weighted by Crippen LogP contribution is 2.34. The van der Waals surface area contributed by atoms with Crippen molar-refractivity contribution in [3.8, 4) is 0 Å². The highest BCUT2D eigenvalue weighted by Gasteiger charge is 2.26. The molecule has 0 aliphatic heterocycles. The first-order valence-corrected chi connectivity index (χ1v) is 9.37. The van der Waals surface area contributed by atoms with Crippen molar-refractivity contribution in [3.05, 3.63) is 44.8 Å². The van der Waals surface area contributed by atoms with Crippen molar-refractivity contribution in [2.75, 3.05) is 24.9 Å². The molecule has 0 amide bonds. The molecule has 144 valence electrons. The molecule has 0 atom stereocenters. The molecule has 0 fully saturated rings. The van der Waals surface area contributed by atoms with Crippen LogP contribution in [0, 0.1) is 27.7 Å². The van der Waals surface area contributed by atoms with Gasteiger partial charge in [0, 0.05) is 5.69 Å². The maximum atomic E-state index is 12.2. The fourth-order valence-corrected chi connectivity index (χ4v) is 4.25. The molecule has 2 aromatic rings. The highest BCUT2D eigenvalue weighted by molar-refractivity contribution is 7.80. The minimum atomic E-state index is -0.549. The summed E-state index contributed by atoms with van der Waals surface area (Å²) in [7, 11) is 2.58. The zero-order valence-corrected chi connectivity index (χ0v) is 17.7. The Morgan fingerprint density at radius 2 is 1.52 bits per heavy atom. The van der Waals surface area contributed by atoms with Crippen molar-refractivity contribution in [1.82, 2.24) is 0 Å². The van der Waals surface area contributed by atoms with E-state index in [1.54, 1.807) is 6.92 Å². The first kappa shape index (κ1) is 20.9. The van der Waals surface area contributed by atoms with Crippen LogP contribution in [0.2, 0.25) is 0 Å². The zero-order chi connectivity index (χ0) is 20.3. The monoisotopic (exact) mass is 406 g/mol. The number of carbonyl (C=O) groups is 2. The van der Waals surface area contributed by atoms with Crippen molar-refractivity contribution in [1.29, 1.82) is 0 Å². The molecule has 2 rings (SSSR count). The minimum absolute atomic E-state index is 0.268. The number of hydrogen-bond donors (Lipinski definition) is 2. The van der Waals surface area contributed by atoms with Crippen LogP contribution in [0.4, 0.5) is 10.7 Å². The number of thiocarbonyl (C=S) groups is 1. The topological polar surface area (TPSA) is 76.7 Å². The van der Waals surface area contributed by atoms with Gasteiger partial charge >= 0.3 is 11.9 Å². The van der Waals surface area contributed by atoms with Crippen LogP contribution in [-0.4, -0.2) is 31.3 Å². The molecule has 6 nitrogen and oxygen atoms in total. The van der Waals surface area contributed by atoms with Gasteiger partial charge in [-0.2, -0.15) is 0 Å². The van der Waals surface area contributed by atoms with Crippen LogP contribution >= 0.6 is 23.6 Å². The zero-order valence-electron chi connectivity index (χ0n) is 16.1. The third-order valence-corrected chi connectivity index (χ3v) is 5.44. The normalized spacial score (nSPS) is 10.3. The van der Waals surface area contributed by atoms with E-state index in [0.717, 1.165) is 28.2 Å². The van der Waals surface area contributed by atoms with E-state index in [1.165, 1.54) is 19.8 Å². The van der Waals surface area contributed by atoms with Crippen molar-refractivity contribution in [3.63, 3.8) is 0 Å². The maximum Gasteiger partial charge on any atom is 0.348 e. The van der Waals surface area contributed by atoms with E-state index in [0.29, 0.717) is 20.6 Å². The first-order chi connectivity index (χ1) is 12.7. The second-order valence-corrected chi connectivity index (χ2v) is 7.53. The number of ether oxygens (including phenoxy) is 2. The van der Waals surface area contributed by atoms with E-state index in [2.05, 4.69) is 22.8 Å². The molecule has 0 unspecified atom stereocenters. The Bertz CT molecular complexity index is 896. The molecular weight excluding hydrogens is 384 g/mol. The molecule has 0 aliphatic carbocycles. The molecule has 1 heterocycles. The summed E-state index contributed by atoms with van der Waals surface area (Å²) in [5, 5.41) is 6.93. The summed E-state index contributed by atoms with van der Waals surface area (Å²) >= 11 is 6.51. The van der Waals surface area contributed by atoms with E-state index in [9.17, 15) is 9.59 Å². The summed E-state index contributed by atoms with van der Waals surface area (Å²) in [6, 6.07) is 4.12. The fraction of sp³-hybridized carbons (Fsp3) is 0.316. The summed E-state index contributed by atoms with van der Waals surface area (Å²) in [4.78, 5) is 24.5. The Morgan fingerprint density at radius 3 is 2.04 bits per heavy atom. The van der Waals surface area contributed by atoms with Gasteiger partial charge in [0.2, 0.25) is 0 Å². The second-order valence-electron chi connectivity index (χ2n) is 6.10. The molecule has 0 radical (unpaired) electrons. The van der Waals surface area contributed by atoms with Crippen molar-refractivity contribution in [2.24, 2.45) is 0 Å². The van der Waals surface area contributed by atoms with E-state index >= 15 is 0 Å². The first-order valence-electron chi connectivity index (χ1n) is 8.15. The van der Waals surface area contributed by atoms with Gasteiger partial charge in [0.15, 0.2) is 5.11 Å². The van der Waals surface area contributed by atoms with Gasteiger partial charge in [-0.1, -0.05) is 17.7 Å². The predicted octanol–water partition coefficient (Wildman–Crippen LogP) is 4.36. The molecule has 0 saturated carbocycles. The second kappa shape index (κ2) is 8.49. The SMILES string of the molecule is COC(=O)c1sc(NC(=S)Nc2c(C)cc(C)cc2C)c(C(=O)OC)c1C. The van der Waals surface area contributed by atoms with Crippen LogP contribution in [-0.2, 0) is 9.47 Å². The van der Waals surface area contributed by atoms with Gasteiger partial charge in [-0.25, -0.2) is 9.59 Å². The van der Waals surface area contributed by atoms with Crippen molar-refractivity contribution in [2.45, 2.75) is 27.7 Å². The molecule has 2 N–H and O–H groups in total. The number of rotatable bonds is 4. The summed E-state index contributed by atoms with van der Waals surface area (Å²) in [6.07, 6.45) is 0. The lowest BCUT2D eigenvalue weighted by molar-refractivity contribution is 0.0601. The van der Waals surface area contributed by atoms with Gasteiger partial charge in [0.25, 0.3) is 0 Å². The lowest BCUT2D eigenvalue weighted by atomic mass is 10.1. The van der Waals surface area contributed by atoms with Gasteiger partial charge in [0.05, 0.1) is 19.8 Å². The minimum Gasteiger partial charge on any atom is -0.465 e. The van der Waals surface area contributed by atoms with Crippen molar-refractivity contribution >= 4 is 51.3 Å². The number of esters is 2. The quantitative estimate of drug-likeness (QED) is 0.577. The molecule has 0 aliphatic rings. The summed E-state index contributed by atoms with van der Waals surface area (Å²) in [5.41, 5.74) is 4.94. The van der Waals surface area contributed by atoms with Gasteiger partial charge in [0.1, 0.15) is 9.88 Å². The highest BCUT2D eigenvalue weighted by atomic mass is 32.1. The predicted molar refractivity (Wildman–Crippen MR) is 112 cm³/mol. The number of benzene rings is 1. The molecular formula is C19H22N2O4S2. The van der Waals surface area contributed by atoms with Crippen LogP contribution in [0.5, 0.6) is 0 Å². The number of hydrogen-bond acceptors (Lipinski definition) is 6. The smallest absolute Gasteiger partial charge is 0.348 e. The lowest BCUT2D eigenvalue weighted by Gasteiger charge is -2.15. The number of carbonyl (C=O) groups excluding carboxylic acids is 2. The Kier molecular flexibility index (Phi) is 6.56. The molecule has 0 saturated heterocycles. The number of nitrogens with one attached hydrogen (secondary N) is 2. The van der Waals surface area contributed by atoms with Gasteiger partial charge in [-0.15, -0.1) is 11.3 Å². The number of thiophene rings is 1. The molecule has 0 spiro atoms. The van der Waals surface area contributed by atoms with Crippen LogP contribution < -0.4 is 10.6 Å². The van der Waals surface area contributed by atoms with E-state index in [-0.39, 0.29) is 5.56 Å². The molecule has 0 bridgehead atoms. The van der Waals surface area contributed by atoms with Crippen LogP contribution in [0.3, 0.4) is 0 Å². The number of methoxy groups -OCH3 is 2. The van der Waals surface area contributed by atoms with Gasteiger partial charge < -0.3 is 20.1 Å². The molecule has 1 aromatic carbocycles. The summed E-state index contributed by atoms with van der Waals surface area (Å²) < 4.78 is 9.63. The molecule has 27 heavy (non-hydrogen) atoms. The number of aryl methyl sites for hydroxylation is 3. The largest absolute Gasteiger partial charge is 0.465 e. The van der Waals surface area contributed by atoms with Crippen molar-refractivity contribution < 1.29 is 19.1 Å². The van der Waals surface area contributed by atoms with E-state index in [1.807, 2.05) is 20.8 Å². The third-order valence-electron chi connectivity index (χ3n) is 4.05. The number of anilines is 2. The summed E-state index contributed by atoms with van der Waals surface area (Å²) in [5.74, 6) is -1.06. The standard InChI is InChI=1S/C19H22N2O4S2/c1-9-7-10(2)14(11(3)8-9)20-19(26)21-16-13(17(22)24-5)12(4)15(27-16)18(23)25-6/h7-8H,1-6H3,(H2,20,21,26). The van der Waals surface area contributed by atoms with Crippen LogP contribution in [0.25, 0.3) is 0 Å². The molecule has 8 heteroatoms. The Hall–Kier alpha value is -2.45. The van der Waals surface area contributed by atoms with Crippen LogP contribution in [0.15, 0.2) is 12.1 Å². The van der Waals surface area contributed by atoms with E-state index in [4.69, 9.17) is 21.7 Å². The average molecular weight is 407 g/mol. The fourth-order valence-electron chi connectivity index (χ4n) is 2.86. The lowest BCUT2D eigenvalue weighted by Crippen LogP contribution is -2.21. The Morgan fingerprint density at radius 1 is 0.963 bits per heavy atom. The van der Waals surface area contributed by atoms with Gasteiger partial charge in [-0.3, -0.25) is 0 Å². The Labute approximate surface area is 167 Å². The Balaban J connectivity index is 2.35. The van der Waals surface area contributed by atoms with E-state index < -0.39 is 11.9 Å². The van der Waals surface area contributed by atoms with Gasteiger partial charge in [-0.05, 0) is 56.6 Å². The molecule has 1 aromatic heterocycles. The summed E-state index contributed by atoms with van der Waals surface area (Å²) in [6.45, 7) is 7.70.